The fourth-order valence-corrected chi connectivity index (χ4v) is 2.60. The van der Waals surface area contributed by atoms with Crippen molar-refractivity contribution in [1.82, 2.24) is 9.55 Å². The van der Waals surface area contributed by atoms with Gasteiger partial charge in [-0.15, -0.1) is 0 Å². The summed E-state index contributed by atoms with van der Waals surface area (Å²) in [6.45, 7) is 3.05. The molecule has 0 fully saturated rings. The Hall–Kier alpha value is -2.70. The molecule has 0 saturated carbocycles. The van der Waals surface area contributed by atoms with E-state index in [0.29, 0.717) is 6.20 Å². The van der Waals surface area contributed by atoms with E-state index in [1.807, 2.05) is 0 Å². The molecule has 4 nitrogen and oxygen atoms in total. The van der Waals surface area contributed by atoms with Crippen LogP contribution in [0.5, 0.6) is 0 Å². The van der Waals surface area contributed by atoms with Crippen LogP contribution in [0.1, 0.15) is 16.8 Å². The quantitative estimate of drug-likeness (QED) is 0.630. The highest BCUT2D eigenvalue weighted by atomic mass is 35.5. The van der Waals surface area contributed by atoms with Gasteiger partial charge in [0.1, 0.15) is 11.5 Å². The van der Waals surface area contributed by atoms with Gasteiger partial charge >= 0.3 is 18.5 Å². The van der Waals surface area contributed by atoms with Crippen molar-refractivity contribution in [2.75, 3.05) is 5.73 Å². The Bertz CT molecular complexity index is 1040. The third-order valence-electron chi connectivity index (χ3n) is 3.56. The number of rotatable bonds is 2. The van der Waals surface area contributed by atoms with Gasteiger partial charge in [-0.1, -0.05) is 18.2 Å². The van der Waals surface area contributed by atoms with E-state index < -0.39 is 63.0 Å². The number of halogens is 10. The maximum absolute atomic E-state index is 13.4. The van der Waals surface area contributed by atoms with Crippen LogP contribution in [-0.4, -0.2) is 9.55 Å². The SMILES string of the molecule is C=Cn1c(-c2cc(C(F)(F)F)c(Cl)cc2C(F)(F)F)nc(C(F)(F)F)c(N)c1=O. The summed E-state index contributed by atoms with van der Waals surface area (Å²) < 4.78 is 119. The number of alkyl halides is 9. The number of hydrogen-bond donors (Lipinski definition) is 1. The fraction of sp³-hybridized carbons (Fsp3) is 0.200. The van der Waals surface area contributed by atoms with Crippen molar-refractivity contribution >= 4 is 23.5 Å². The molecular weight excluding hydrogens is 445 g/mol. The van der Waals surface area contributed by atoms with Crippen LogP contribution < -0.4 is 11.3 Å². The van der Waals surface area contributed by atoms with Crippen molar-refractivity contribution in [2.24, 2.45) is 0 Å². The van der Waals surface area contributed by atoms with Crippen molar-refractivity contribution in [3.63, 3.8) is 0 Å². The van der Waals surface area contributed by atoms with E-state index >= 15 is 0 Å². The molecule has 0 spiro atoms. The summed E-state index contributed by atoms with van der Waals surface area (Å²) in [6, 6.07) is -0.272. The Morgan fingerprint density at radius 2 is 1.48 bits per heavy atom. The second-order valence-corrected chi connectivity index (χ2v) is 5.83. The minimum absolute atomic E-state index is 0.0726. The Morgan fingerprint density at radius 1 is 0.966 bits per heavy atom. The molecule has 0 atom stereocenters. The predicted octanol–water partition coefficient (Wildman–Crippen LogP) is 5.30. The highest BCUT2D eigenvalue weighted by Crippen LogP contribution is 2.44. The molecular formula is C15H7ClF9N3O. The van der Waals surface area contributed by atoms with Crippen LogP contribution >= 0.6 is 11.6 Å². The maximum Gasteiger partial charge on any atom is 0.435 e. The number of hydrogen-bond acceptors (Lipinski definition) is 3. The molecule has 0 aliphatic heterocycles. The topological polar surface area (TPSA) is 60.9 Å². The minimum atomic E-state index is -5.38. The van der Waals surface area contributed by atoms with Gasteiger partial charge in [-0.3, -0.25) is 9.36 Å². The first-order valence-electron chi connectivity index (χ1n) is 7.10. The van der Waals surface area contributed by atoms with Gasteiger partial charge in [0.2, 0.25) is 0 Å². The first-order chi connectivity index (χ1) is 13.0. The van der Waals surface area contributed by atoms with E-state index in [-0.39, 0.29) is 16.7 Å². The fourth-order valence-electron chi connectivity index (χ4n) is 2.33. The summed E-state index contributed by atoms with van der Waals surface area (Å²) in [5.41, 5.74) is -5.26. The molecule has 29 heavy (non-hydrogen) atoms. The molecule has 14 heteroatoms. The summed E-state index contributed by atoms with van der Waals surface area (Å²) in [6.07, 6.45) is -15.5. The van der Waals surface area contributed by atoms with Crippen LogP contribution in [0.25, 0.3) is 17.6 Å². The van der Waals surface area contributed by atoms with Crippen LogP contribution in [-0.2, 0) is 18.5 Å². The highest BCUT2D eigenvalue weighted by molar-refractivity contribution is 6.31. The minimum Gasteiger partial charge on any atom is -0.392 e. The second kappa shape index (κ2) is 6.97. The zero-order valence-electron chi connectivity index (χ0n) is 13.6. The largest absolute Gasteiger partial charge is 0.435 e. The molecule has 158 valence electrons. The van der Waals surface area contributed by atoms with Crippen LogP contribution in [0.2, 0.25) is 5.02 Å². The first-order valence-corrected chi connectivity index (χ1v) is 7.48. The van der Waals surface area contributed by atoms with E-state index in [1.54, 1.807) is 0 Å². The molecule has 2 aromatic rings. The molecule has 0 unspecified atom stereocenters. The highest BCUT2D eigenvalue weighted by Gasteiger charge is 2.42. The number of nitrogen functional groups attached to an aromatic ring is 1. The second-order valence-electron chi connectivity index (χ2n) is 5.43. The van der Waals surface area contributed by atoms with Crippen molar-refractivity contribution in [3.05, 3.63) is 50.9 Å². The van der Waals surface area contributed by atoms with Gasteiger partial charge in [0.05, 0.1) is 16.1 Å². The van der Waals surface area contributed by atoms with Gasteiger partial charge in [0, 0.05) is 11.8 Å². The van der Waals surface area contributed by atoms with Gasteiger partial charge in [0.25, 0.3) is 5.56 Å². The summed E-state index contributed by atoms with van der Waals surface area (Å²) in [5, 5.41) is -1.35. The summed E-state index contributed by atoms with van der Waals surface area (Å²) in [5.74, 6) is -1.40. The smallest absolute Gasteiger partial charge is 0.392 e. The lowest BCUT2D eigenvalue weighted by Crippen LogP contribution is -2.28. The normalized spacial score (nSPS) is 12.9. The Balaban J connectivity index is 3.09. The predicted molar refractivity (Wildman–Crippen MR) is 84.7 cm³/mol. The van der Waals surface area contributed by atoms with Gasteiger partial charge in [0.15, 0.2) is 5.69 Å². The van der Waals surface area contributed by atoms with Gasteiger partial charge < -0.3 is 5.73 Å². The summed E-state index contributed by atoms with van der Waals surface area (Å²) >= 11 is 5.28. The molecule has 2 rings (SSSR count). The van der Waals surface area contributed by atoms with Crippen LogP contribution in [0.3, 0.4) is 0 Å². The lowest BCUT2D eigenvalue weighted by molar-refractivity contribution is -0.141. The van der Waals surface area contributed by atoms with Gasteiger partial charge in [-0.05, 0) is 12.1 Å². The number of nitrogens with zero attached hydrogens (tertiary/aromatic N) is 2. The number of anilines is 1. The van der Waals surface area contributed by atoms with E-state index in [0.717, 1.165) is 0 Å². The Labute approximate surface area is 160 Å². The van der Waals surface area contributed by atoms with Crippen molar-refractivity contribution in [2.45, 2.75) is 18.5 Å². The molecule has 0 amide bonds. The molecule has 1 aromatic heterocycles. The molecule has 0 aliphatic carbocycles. The van der Waals surface area contributed by atoms with E-state index in [9.17, 15) is 44.3 Å². The summed E-state index contributed by atoms with van der Waals surface area (Å²) in [4.78, 5) is 15.0. The third-order valence-corrected chi connectivity index (χ3v) is 3.87. The lowest BCUT2D eigenvalue weighted by Gasteiger charge is -2.20. The average molecular weight is 452 g/mol. The van der Waals surface area contributed by atoms with Crippen LogP contribution in [0, 0.1) is 0 Å². The van der Waals surface area contributed by atoms with Crippen molar-refractivity contribution in [1.29, 1.82) is 0 Å². The third kappa shape index (κ3) is 4.18. The molecule has 1 aromatic carbocycles. The monoisotopic (exact) mass is 451 g/mol. The zero-order chi connectivity index (χ0) is 22.5. The van der Waals surface area contributed by atoms with E-state index in [4.69, 9.17) is 17.3 Å². The van der Waals surface area contributed by atoms with E-state index in [2.05, 4.69) is 11.6 Å². The summed E-state index contributed by atoms with van der Waals surface area (Å²) in [7, 11) is 0. The van der Waals surface area contributed by atoms with Crippen molar-refractivity contribution in [3.8, 4) is 11.4 Å². The first kappa shape index (κ1) is 22.6. The van der Waals surface area contributed by atoms with Crippen LogP contribution in [0.4, 0.5) is 45.2 Å². The molecule has 0 aliphatic rings. The Morgan fingerprint density at radius 3 is 1.90 bits per heavy atom. The number of nitrogens with two attached hydrogens (primary N) is 1. The maximum atomic E-state index is 13.4. The Kier molecular flexibility index (Phi) is 5.43. The number of aromatic nitrogens is 2. The standard InChI is InChI=1S/C15H7ClF9N3O/c1-2-28-11(27-10(15(23,24)25)9(26)12(28)29)5-3-7(14(20,21)22)8(16)4-6(5)13(17,18)19/h2-4H,1,26H2. The molecule has 0 radical (unpaired) electrons. The molecule has 1 heterocycles. The zero-order valence-corrected chi connectivity index (χ0v) is 14.4. The van der Waals surface area contributed by atoms with Crippen LogP contribution in [0.15, 0.2) is 23.5 Å². The average Bonchev–Trinajstić information content (AvgIpc) is 2.53. The molecule has 0 bridgehead atoms. The molecule has 2 N–H and O–H groups in total. The van der Waals surface area contributed by atoms with E-state index in [1.165, 1.54) is 0 Å². The van der Waals surface area contributed by atoms with Crippen molar-refractivity contribution < 1.29 is 39.5 Å². The van der Waals surface area contributed by atoms with Gasteiger partial charge in [-0.25, -0.2) is 4.98 Å². The molecule has 0 saturated heterocycles. The van der Waals surface area contributed by atoms with Gasteiger partial charge in [-0.2, -0.15) is 39.5 Å². The lowest BCUT2D eigenvalue weighted by atomic mass is 10.0. The number of benzene rings is 1.